The minimum Gasteiger partial charge on any atom is -0.480 e. The Balaban J connectivity index is 2.49. The number of carboxylic acids is 1. The first-order chi connectivity index (χ1) is 11.6. The Hall–Kier alpha value is -1.83. The highest BCUT2D eigenvalue weighted by Crippen LogP contribution is 2.26. The first-order valence-electron chi connectivity index (χ1n) is 7.00. The molecule has 0 heterocycles. The van der Waals surface area contributed by atoms with Crippen LogP contribution in [-0.2, 0) is 21.2 Å². The van der Waals surface area contributed by atoms with Crippen molar-refractivity contribution in [3.63, 3.8) is 0 Å². The Labute approximate surface area is 154 Å². The molecule has 9 heteroatoms. The molecule has 0 bridgehead atoms. The second-order valence-electron chi connectivity index (χ2n) is 5.37. The maximum Gasteiger partial charge on any atom is 0.327 e. The average molecular weight is 406 g/mol. The van der Waals surface area contributed by atoms with Gasteiger partial charge in [0.05, 0.1) is 11.9 Å². The van der Waals surface area contributed by atoms with Crippen molar-refractivity contribution >= 4 is 44.9 Å². The Morgan fingerprint density at radius 3 is 2.12 bits per heavy atom. The van der Waals surface area contributed by atoms with Gasteiger partial charge in [0.1, 0.15) is 11.9 Å². The summed E-state index contributed by atoms with van der Waals surface area (Å²) in [4.78, 5) is 11.8. The number of rotatable bonds is 6. The monoisotopic (exact) mass is 405 g/mol. The Kier molecular flexibility index (Phi) is 5.92. The molecule has 1 atom stereocenters. The molecule has 5 nitrogen and oxygen atoms in total. The van der Waals surface area contributed by atoms with Gasteiger partial charge >= 0.3 is 5.97 Å². The van der Waals surface area contributed by atoms with Crippen molar-refractivity contribution in [1.29, 1.82) is 0 Å². The second kappa shape index (κ2) is 7.59. The number of aliphatic carboxylic acids is 1. The predicted molar refractivity (Wildman–Crippen MR) is 95.3 cm³/mol. The van der Waals surface area contributed by atoms with E-state index in [2.05, 4.69) is 0 Å². The molecule has 0 aromatic heterocycles. The minimum absolute atomic E-state index is 0.0458. The van der Waals surface area contributed by atoms with Gasteiger partial charge in [-0.1, -0.05) is 23.2 Å². The molecule has 0 amide bonds. The summed E-state index contributed by atoms with van der Waals surface area (Å²) in [5.41, 5.74) is 0.505. The molecule has 0 saturated carbocycles. The fourth-order valence-electron chi connectivity index (χ4n) is 2.41. The predicted octanol–water partition coefficient (Wildman–Crippen LogP) is 3.59. The van der Waals surface area contributed by atoms with Gasteiger partial charge in [-0.05, 0) is 48.0 Å². The average Bonchev–Trinajstić information content (AvgIpc) is 2.46. The second-order valence-corrected chi connectivity index (χ2v) is 8.10. The molecular formula is C16H14Cl2FNO4S. The van der Waals surface area contributed by atoms with E-state index in [1.807, 2.05) is 0 Å². The number of nitrogens with zero attached hydrogens (tertiary/aromatic N) is 1. The van der Waals surface area contributed by atoms with Gasteiger partial charge < -0.3 is 5.11 Å². The molecular weight excluding hydrogens is 392 g/mol. The van der Waals surface area contributed by atoms with Crippen molar-refractivity contribution in [2.24, 2.45) is 0 Å². The van der Waals surface area contributed by atoms with Crippen LogP contribution in [0, 0.1) is 5.82 Å². The summed E-state index contributed by atoms with van der Waals surface area (Å²) in [7, 11) is -3.95. The van der Waals surface area contributed by atoms with E-state index in [9.17, 15) is 22.7 Å². The molecule has 1 unspecified atom stereocenters. The Morgan fingerprint density at radius 1 is 1.16 bits per heavy atom. The summed E-state index contributed by atoms with van der Waals surface area (Å²) in [5.74, 6) is -1.92. The third-order valence-corrected chi connectivity index (χ3v) is 4.97. The lowest BCUT2D eigenvalue weighted by molar-refractivity contribution is -0.138. The van der Waals surface area contributed by atoms with Crippen LogP contribution in [0.4, 0.5) is 10.1 Å². The highest BCUT2D eigenvalue weighted by atomic mass is 35.5. The third kappa shape index (κ3) is 5.07. The van der Waals surface area contributed by atoms with Crippen LogP contribution in [0.3, 0.4) is 0 Å². The van der Waals surface area contributed by atoms with Crippen LogP contribution in [-0.4, -0.2) is 31.8 Å². The first kappa shape index (κ1) is 19.5. The molecule has 0 aliphatic carbocycles. The van der Waals surface area contributed by atoms with E-state index in [0.717, 1.165) is 22.7 Å². The van der Waals surface area contributed by atoms with Crippen molar-refractivity contribution in [3.8, 4) is 0 Å². The highest BCUT2D eigenvalue weighted by Gasteiger charge is 2.33. The third-order valence-electron chi connectivity index (χ3n) is 3.36. The van der Waals surface area contributed by atoms with Crippen molar-refractivity contribution in [2.45, 2.75) is 12.5 Å². The van der Waals surface area contributed by atoms with Gasteiger partial charge in [0.25, 0.3) is 0 Å². The molecule has 0 aliphatic heterocycles. The van der Waals surface area contributed by atoms with Crippen molar-refractivity contribution in [3.05, 3.63) is 63.9 Å². The van der Waals surface area contributed by atoms with E-state index in [1.165, 1.54) is 30.3 Å². The first-order valence-corrected chi connectivity index (χ1v) is 9.61. The number of sulfonamides is 1. The SMILES string of the molecule is CS(=O)(=O)N(c1ccc(F)cc1)C(Cc1cc(Cl)cc(Cl)c1)C(=O)O. The van der Waals surface area contributed by atoms with Crippen LogP contribution >= 0.6 is 23.2 Å². The molecule has 0 aliphatic rings. The van der Waals surface area contributed by atoms with E-state index >= 15 is 0 Å². The van der Waals surface area contributed by atoms with Crippen molar-refractivity contribution < 1.29 is 22.7 Å². The zero-order valence-corrected chi connectivity index (χ0v) is 15.3. The smallest absolute Gasteiger partial charge is 0.327 e. The number of hydrogen-bond donors (Lipinski definition) is 1. The molecule has 1 N–H and O–H groups in total. The largest absolute Gasteiger partial charge is 0.480 e. The van der Waals surface area contributed by atoms with E-state index in [-0.39, 0.29) is 12.1 Å². The molecule has 0 fully saturated rings. The minimum atomic E-state index is -3.95. The van der Waals surface area contributed by atoms with Crippen molar-refractivity contribution in [1.82, 2.24) is 0 Å². The van der Waals surface area contributed by atoms with Gasteiger partial charge in [-0.25, -0.2) is 17.6 Å². The van der Waals surface area contributed by atoms with E-state index < -0.39 is 27.9 Å². The number of hydrogen-bond acceptors (Lipinski definition) is 3. The fraction of sp³-hybridized carbons (Fsp3) is 0.188. The Morgan fingerprint density at radius 2 is 1.68 bits per heavy atom. The molecule has 0 radical (unpaired) electrons. The van der Waals surface area contributed by atoms with Gasteiger partial charge in [-0.15, -0.1) is 0 Å². The van der Waals surface area contributed by atoms with Gasteiger partial charge in [-0.3, -0.25) is 4.31 Å². The van der Waals surface area contributed by atoms with Crippen LogP contribution in [0.5, 0.6) is 0 Å². The van der Waals surface area contributed by atoms with Crippen LogP contribution < -0.4 is 4.31 Å². The maximum absolute atomic E-state index is 13.1. The lowest BCUT2D eigenvalue weighted by Crippen LogP contribution is -2.46. The zero-order valence-electron chi connectivity index (χ0n) is 13.0. The lowest BCUT2D eigenvalue weighted by Gasteiger charge is -2.29. The summed E-state index contributed by atoms with van der Waals surface area (Å²) in [5, 5.41) is 10.2. The van der Waals surface area contributed by atoms with Gasteiger partial charge in [-0.2, -0.15) is 0 Å². The molecule has 0 saturated heterocycles. The van der Waals surface area contributed by atoms with Crippen LogP contribution in [0.25, 0.3) is 0 Å². The van der Waals surface area contributed by atoms with Crippen molar-refractivity contribution in [2.75, 3.05) is 10.6 Å². The summed E-state index contributed by atoms with van der Waals surface area (Å²) >= 11 is 11.8. The molecule has 25 heavy (non-hydrogen) atoms. The Bertz CT molecular complexity index is 867. The van der Waals surface area contributed by atoms with Crippen LogP contribution in [0.2, 0.25) is 10.0 Å². The van der Waals surface area contributed by atoms with E-state index in [0.29, 0.717) is 15.6 Å². The summed E-state index contributed by atoms with van der Waals surface area (Å²) in [6, 6.07) is 7.58. The zero-order chi connectivity index (χ0) is 18.8. The quantitative estimate of drug-likeness (QED) is 0.796. The number of anilines is 1. The number of carbonyl (C=O) groups is 1. The topological polar surface area (TPSA) is 74.7 Å². The number of benzene rings is 2. The molecule has 2 rings (SSSR count). The standard InChI is InChI=1S/C16H14Cl2FNO4S/c1-25(23,24)20(14-4-2-13(19)3-5-14)15(16(21)22)8-10-6-11(17)9-12(18)7-10/h2-7,9,15H,8H2,1H3,(H,21,22). The maximum atomic E-state index is 13.1. The summed E-state index contributed by atoms with van der Waals surface area (Å²) in [6.45, 7) is 0. The van der Waals surface area contributed by atoms with Crippen LogP contribution in [0.15, 0.2) is 42.5 Å². The molecule has 2 aromatic rings. The fourth-order valence-corrected chi connectivity index (χ4v) is 4.12. The number of halogens is 3. The molecule has 0 spiro atoms. The molecule has 134 valence electrons. The van der Waals surface area contributed by atoms with E-state index in [4.69, 9.17) is 23.2 Å². The van der Waals surface area contributed by atoms with Gasteiger partial charge in [0.15, 0.2) is 0 Å². The van der Waals surface area contributed by atoms with Gasteiger partial charge in [0.2, 0.25) is 10.0 Å². The summed E-state index contributed by atoms with van der Waals surface area (Å²) in [6.07, 6.45) is 0.720. The highest BCUT2D eigenvalue weighted by molar-refractivity contribution is 7.92. The van der Waals surface area contributed by atoms with Gasteiger partial charge in [0, 0.05) is 16.5 Å². The summed E-state index contributed by atoms with van der Waals surface area (Å²) < 4.78 is 38.3. The van der Waals surface area contributed by atoms with Crippen LogP contribution in [0.1, 0.15) is 5.56 Å². The normalized spacial score (nSPS) is 12.6. The van der Waals surface area contributed by atoms with E-state index in [1.54, 1.807) is 0 Å². The lowest BCUT2D eigenvalue weighted by atomic mass is 10.1. The molecule has 2 aromatic carbocycles. The number of carboxylic acid groups (broad SMARTS) is 1.